The molecule has 0 unspecified atom stereocenters. The molecule has 0 spiro atoms. The third-order valence-electron chi connectivity index (χ3n) is 3.83. The van der Waals surface area contributed by atoms with Gasteiger partial charge in [0.1, 0.15) is 5.82 Å². The van der Waals surface area contributed by atoms with E-state index in [9.17, 15) is 9.18 Å². The molecule has 120 valence electrons. The molecule has 2 aromatic rings. The highest BCUT2D eigenvalue weighted by atomic mass is 32.2. The molecular formula is C18H19FN2OS. The minimum atomic E-state index is -0.306. The lowest BCUT2D eigenvalue weighted by atomic mass is 10.2. The summed E-state index contributed by atoms with van der Waals surface area (Å²) in [4.78, 5) is 15.6. The summed E-state index contributed by atoms with van der Waals surface area (Å²) in [7, 11) is 0. The molecule has 1 aliphatic rings. The second kappa shape index (κ2) is 7.04. The number of nitrogens with zero attached hydrogens (tertiary/aromatic N) is 1. The number of benzene rings is 2. The Kier molecular flexibility index (Phi) is 4.86. The van der Waals surface area contributed by atoms with Crippen molar-refractivity contribution in [1.29, 1.82) is 0 Å². The molecule has 5 heteroatoms. The van der Waals surface area contributed by atoms with Gasteiger partial charge in [-0.25, -0.2) is 4.39 Å². The van der Waals surface area contributed by atoms with Crippen LogP contribution in [0.5, 0.6) is 0 Å². The predicted octanol–water partition coefficient (Wildman–Crippen LogP) is 4.08. The summed E-state index contributed by atoms with van der Waals surface area (Å²) in [6, 6.07) is 12.9. The number of halogens is 1. The van der Waals surface area contributed by atoms with Crippen molar-refractivity contribution in [1.82, 2.24) is 0 Å². The maximum absolute atomic E-state index is 13.6. The van der Waals surface area contributed by atoms with Crippen LogP contribution in [0.15, 0.2) is 47.4 Å². The summed E-state index contributed by atoms with van der Waals surface area (Å²) < 4.78 is 13.6. The normalized spacial score (nSPS) is 14.1. The van der Waals surface area contributed by atoms with E-state index in [0.717, 1.165) is 24.4 Å². The van der Waals surface area contributed by atoms with Gasteiger partial charge in [-0.15, -0.1) is 11.8 Å². The van der Waals surface area contributed by atoms with Crippen LogP contribution < -0.4 is 10.2 Å². The minimum absolute atomic E-state index is 0.130. The first-order valence-corrected chi connectivity index (χ1v) is 8.65. The number of amides is 1. The zero-order valence-corrected chi connectivity index (χ0v) is 13.8. The lowest BCUT2D eigenvalue weighted by Gasteiger charge is -2.23. The van der Waals surface area contributed by atoms with Crippen molar-refractivity contribution < 1.29 is 9.18 Å². The second-order valence-corrected chi connectivity index (χ2v) is 6.74. The second-order valence-electron chi connectivity index (χ2n) is 5.60. The first kappa shape index (κ1) is 15.9. The molecule has 0 saturated heterocycles. The Morgan fingerprint density at radius 1 is 1.30 bits per heavy atom. The number of anilines is 2. The summed E-state index contributed by atoms with van der Waals surface area (Å²) >= 11 is 1.82. The molecule has 0 radical (unpaired) electrons. The Morgan fingerprint density at radius 3 is 2.96 bits per heavy atom. The highest BCUT2D eigenvalue weighted by Crippen LogP contribution is 2.33. The van der Waals surface area contributed by atoms with Gasteiger partial charge in [-0.2, -0.15) is 0 Å². The van der Waals surface area contributed by atoms with Gasteiger partial charge in [-0.1, -0.05) is 18.2 Å². The average molecular weight is 330 g/mol. The van der Waals surface area contributed by atoms with Crippen molar-refractivity contribution in [2.45, 2.75) is 18.2 Å². The number of carbonyl (C=O) groups excluding carboxylic acids is 1. The van der Waals surface area contributed by atoms with Crippen LogP contribution in [0.2, 0.25) is 0 Å². The fourth-order valence-electron chi connectivity index (χ4n) is 2.61. The number of fused-ring (bicyclic) bond motifs is 1. The Balaban J connectivity index is 1.71. The van der Waals surface area contributed by atoms with Crippen LogP contribution in [0.3, 0.4) is 0 Å². The van der Waals surface area contributed by atoms with Crippen LogP contribution in [0, 0.1) is 12.7 Å². The molecule has 0 bridgehead atoms. The van der Waals surface area contributed by atoms with Gasteiger partial charge in [0.2, 0.25) is 5.91 Å². The molecule has 23 heavy (non-hydrogen) atoms. The number of rotatable bonds is 3. The number of aryl methyl sites for hydroxylation is 1. The Labute approximate surface area is 139 Å². The fourth-order valence-corrected chi connectivity index (χ4v) is 3.62. The molecule has 1 aliphatic heterocycles. The molecule has 2 aromatic carbocycles. The first-order valence-electron chi connectivity index (χ1n) is 7.66. The van der Waals surface area contributed by atoms with Crippen LogP contribution in [-0.2, 0) is 4.79 Å². The smallest absolute Gasteiger partial charge is 0.243 e. The van der Waals surface area contributed by atoms with Crippen LogP contribution in [0.4, 0.5) is 15.8 Å². The van der Waals surface area contributed by atoms with E-state index in [4.69, 9.17) is 0 Å². The lowest BCUT2D eigenvalue weighted by molar-refractivity contribution is -0.115. The molecular weight excluding hydrogens is 311 g/mol. The van der Waals surface area contributed by atoms with Crippen molar-refractivity contribution >= 4 is 29.0 Å². The van der Waals surface area contributed by atoms with Gasteiger partial charge >= 0.3 is 0 Å². The minimum Gasteiger partial charge on any atom is -0.361 e. The lowest BCUT2D eigenvalue weighted by Crippen LogP contribution is -2.34. The number of nitrogens with one attached hydrogen (secondary N) is 1. The number of hydrogen-bond acceptors (Lipinski definition) is 3. The Hall–Kier alpha value is -2.01. The largest absolute Gasteiger partial charge is 0.361 e. The highest BCUT2D eigenvalue weighted by Gasteiger charge is 2.18. The summed E-state index contributed by atoms with van der Waals surface area (Å²) in [5.41, 5.74) is 2.16. The van der Waals surface area contributed by atoms with Crippen LogP contribution in [-0.4, -0.2) is 24.7 Å². The fraction of sp³-hybridized carbons (Fsp3) is 0.278. The summed E-state index contributed by atoms with van der Waals surface area (Å²) in [6.45, 7) is 2.82. The van der Waals surface area contributed by atoms with Crippen molar-refractivity contribution in [3.63, 3.8) is 0 Å². The molecule has 1 N–H and O–H groups in total. The van der Waals surface area contributed by atoms with E-state index in [1.807, 2.05) is 30.0 Å². The third-order valence-corrected chi connectivity index (χ3v) is 4.97. The molecule has 1 amide bonds. The van der Waals surface area contributed by atoms with Crippen LogP contribution in [0.25, 0.3) is 0 Å². The summed E-state index contributed by atoms with van der Waals surface area (Å²) in [5.74, 6) is 0.618. The van der Waals surface area contributed by atoms with Crippen molar-refractivity contribution in [2.24, 2.45) is 0 Å². The van der Waals surface area contributed by atoms with E-state index in [0.29, 0.717) is 11.3 Å². The standard InChI is InChI=1S/C18H19FN2OS/c1-13-7-8-14(11-15(13)19)20-18(22)12-21-9-4-10-23-17-6-3-2-5-16(17)21/h2-3,5-8,11H,4,9-10,12H2,1H3,(H,20,22). The molecule has 0 aromatic heterocycles. The van der Waals surface area contributed by atoms with E-state index in [1.54, 1.807) is 19.1 Å². The number of para-hydroxylation sites is 1. The number of carbonyl (C=O) groups is 1. The first-order chi connectivity index (χ1) is 11.1. The Bertz CT molecular complexity index is 720. The van der Waals surface area contributed by atoms with Crippen molar-refractivity contribution in [2.75, 3.05) is 29.1 Å². The maximum atomic E-state index is 13.6. The molecule has 1 heterocycles. The van der Waals surface area contributed by atoms with Gasteiger partial charge in [0.05, 0.1) is 12.2 Å². The number of hydrogen-bond donors (Lipinski definition) is 1. The van der Waals surface area contributed by atoms with Crippen molar-refractivity contribution in [3.8, 4) is 0 Å². The van der Waals surface area contributed by atoms with Crippen molar-refractivity contribution in [3.05, 3.63) is 53.8 Å². The molecule has 3 rings (SSSR count). The predicted molar refractivity (Wildman–Crippen MR) is 93.8 cm³/mol. The highest BCUT2D eigenvalue weighted by molar-refractivity contribution is 7.99. The number of thioether (sulfide) groups is 1. The van der Waals surface area contributed by atoms with E-state index in [2.05, 4.69) is 16.3 Å². The monoisotopic (exact) mass is 330 g/mol. The van der Waals surface area contributed by atoms with Crippen LogP contribution >= 0.6 is 11.8 Å². The molecule has 0 atom stereocenters. The zero-order chi connectivity index (χ0) is 16.2. The van der Waals surface area contributed by atoms with Crippen LogP contribution in [0.1, 0.15) is 12.0 Å². The van der Waals surface area contributed by atoms with E-state index in [1.165, 1.54) is 11.0 Å². The zero-order valence-electron chi connectivity index (χ0n) is 13.0. The van der Waals surface area contributed by atoms with Gasteiger partial charge in [0.25, 0.3) is 0 Å². The third kappa shape index (κ3) is 3.85. The molecule has 3 nitrogen and oxygen atoms in total. The van der Waals surface area contributed by atoms with E-state index >= 15 is 0 Å². The quantitative estimate of drug-likeness (QED) is 0.920. The van der Waals surface area contributed by atoms with E-state index < -0.39 is 0 Å². The van der Waals surface area contributed by atoms with Gasteiger partial charge in [-0.05, 0) is 48.9 Å². The van der Waals surface area contributed by atoms with Gasteiger partial charge < -0.3 is 10.2 Å². The molecule has 0 aliphatic carbocycles. The molecule has 0 fully saturated rings. The summed E-state index contributed by atoms with van der Waals surface area (Å²) in [5, 5.41) is 2.78. The van der Waals surface area contributed by atoms with Gasteiger partial charge in [0, 0.05) is 17.1 Å². The average Bonchev–Trinajstić information content (AvgIpc) is 2.74. The maximum Gasteiger partial charge on any atom is 0.243 e. The molecule has 0 saturated carbocycles. The van der Waals surface area contributed by atoms with E-state index in [-0.39, 0.29) is 18.3 Å². The SMILES string of the molecule is Cc1ccc(NC(=O)CN2CCCSc3ccccc32)cc1F. The Morgan fingerprint density at radius 2 is 2.13 bits per heavy atom. The van der Waals surface area contributed by atoms with Gasteiger partial charge in [0.15, 0.2) is 0 Å². The topological polar surface area (TPSA) is 32.3 Å². The summed E-state index contributed by atoms with van der Waals surface area (Å²) in [6.07, 6.45) is 1.03. The van der Waals surface area contributed by atoms with Gasteiger partial charge in [-0.3, -0.25) is 4.79 Å².